The van der Waals surface area contributed by atoms with Crippen LogP contribution in [0.4, 0.5) is 5.69 Å². The Labute approximate surface area is 136 Å². The fourth-order valence-electron chi connectivity index (χ4n) is 3.18. The van der Waals surface area contributed by atoms with Crippen molar-refractivity contribution in [2.45, 2.75) is 12.8 Å². The molecule has 0 bridgehead atoms. The van der Waals surface area contributed by atoms with E-state index in [0.29, 0.717) is 0 Å². The second kappa shape index (κ2) is 5.29. The Balaban J connectivity index is 1.54. The van der Waals surface area contributed by atoms with Gasteiger partial charge in [-0.1, -0.05) is 40.2 Å². The Morgan fingerprint density at radius 1 is 1.14 bits per heavy atom. The van der Waals surface area contributed by atoms with Crippen molar-refractivity contribution in [3.8, 4) is 0 Å². The fourth-order valence-corrected chi connectivity index (χ4v) is 3.59. The monoisotopic (exact) mass is 354 g/mol. The van der Waals surface area contributed by atoms with Gasteiger partial charge in [0.25, 0.3) is 0 Å². The number of carbonyl (C=O) groups excluding carboxylic acids is 1. The molecule has 22 heavy (non-hydrogen) atoms. The SMILES string of the molecule is O=C(Nc1c[nH]c2ccccc12)C1Cc2ccc(Br)cc2C1. The van der Waals surface area contributed by atoms with E-state index < -0.39 is 0 Å². The normalized spacial score (nSPS) is 16.7. The van der Waals surface area contributed by atoms with Crippen LogP contribution in [0.2, 0.25) is 0 Å². The lowest BCUT2D eigenvalue weighted by atomic mass is 10.1. The van der Waals surface area contributed by atoms with E-state index in [4.69, 9.17) is 0 Å². The van der Waals surface area contributed by atoms with Crippen LogP contribution in [0.5, 0.6) is 0 Å². The molecule has 0 saturated carbocycles. The highest BCUT2D eigenvalue weighted by Crippen LogP contribution is 2.31. The van der Waals surface area contributed by atoms with Gasteiger partial charge in [-0.25, -0.2) is 0 Å². The summed E-state index contributed by atoms with van der Waals surface area (Å²) in [4.78, 5) is 15.8. The van der Waals surface area contributed by atoms with Crippen molar-refractivity contribution in [3.63, 3.8) is 0 Å². The van der Waals surface area contributed by atoms with Crippen LogP contribution in [-0.4, -0.2) is 10.9 Å². The fraction of sp³-hybridized carbons (Fsp3) is 0.167. The number of carbonyl (C=O) groups is 1. The van der Waals surface area contributed by atoms with Gasteiger partial charge < -0.3 is 10.3 Å². The Bertz CT molecular complexity index is 868. The van der Waals surface area contributed by atoms with E-state index in [1.165, 1.54) is 11.1 Å². The maximum absolute atomic E-state index is 12.6. The van der Waals surface area contributed by atoms with Crippen LogP contribution in [0.3, 0.4) is 0 Å². The molecule has 1 amide bonds. The van der Waals surface area contributed by atoms with Crippen LogP contribution in [0.1, 0.15) is 11.1 Å². The molecule has 1 atom stereocenters. The van der Waals surface area contributed by atoms with Crippen molar-refractivity contribution in [2.75, 3.05) is 5.32 Å². The van der Waals surface area contributed by atoms with Crippen molar-refractivity contribution in [2.24, 2.45) is 5.92 Å². The molecule has 3 nitrogen and oxygen atoms in total. The third kappa shape index (κ3) is 2.33. The Kier molecular flexibility index (Phi) is 3.26. The lowest BCUT2D eigenvalue weighted by Crippen LogP contribution is -2.22. The largest absolute Gasteiger partial charge is 0.359 e. The molecule has 0 spiro atoms. The molecule has 110 valence electrons. The van der Waals surface area contributed by atoms with Crippen LogP contribution in [0.15, 0.2) is 53.1 Å². The second-order valence-corrected chi connectivity index (χ2v) is 6.67. The number of halogens is 1. The summed E-state index contributed by atoms with van der Waals surface area (Å²) < 4.78 is 1.07. The molecule has 4 rings (SSSR count). The number of hydrogen-bond donors (Lipinski definition) is 2. The van der Waals surface area contributed by atoms with E-state index in [-0.39, 0.29) is 11.8 Å². The summed E-state index contributed by atoms with van der Waals surface area (Å²) >= 11 is 3.49. The lowest BCUT2D eigenvalue weighted by Gasteiger charge is -2.09. The third-order valence-electron chi connectivity index (χ3n) is 4.32. The van der Waals surface area contributed by atoms with E-state index >= 15 is 0 Å². The second-order valence-electron chi connectivity index (χ2n) is 5.76. The Hall–Kier alpha value is -2.07. The number of rotatable bonds is 2. The predicted octanol–water partition coefficient (Wildman–Crippen LogP) is 4.28. The van der Waals surface area contributed by atoms with Crippen LogP contribution < -0.4 is 5.32 Å². The van der Waals surface area contributed by atoms with Crippen LogP contribution >= 0.6 is 15.9 Å². The van der Waals surface area contributed by atoms with E-state index in [0.717, 1.165) is 33.9 Å². The van der Waals surface area contributed by atoms with Gasteiger partial charge in [-0.2, -0.15) is 0 Å². The first-order valence-electron chi connectivity index (χ1n) is 7.35. The summed E-state index contributed by atoms with van der Waals surface area (Å²) in [5.41, 5.74) is 4.45. The number of hydrogen-bond acceptors (Lipinski definition) is 1. The average Bonchev–Trinajstić information content (AvgIpc) is 3.11. The highest BCUT2D eigenvalue weighted by molar-refractivity contribution is 9.10. The average molecular weight is 355 g/mol. The molecule has 1 heterocycles. The van der Waals surface area contributed by atoms with Crippen LogP contribution in [0.25, 0.3) is 10.9 Å². The summed E-state index contributed by atoms with van der Waals surface area (Å²) in [6.07, 6.45) is 3.49. The zero-order valence-corrected chi connectivity index (χ0v) is 13.5. The van der Waals surface area contributed by atoms with Crippen molar-refractivity contribution in [3.05, 3.63) is 64.3 Å². The molecule has 0 fully saturated rings. The van der Waals surface area contributed by atoms with Gasteiger partial charge in [-0.15, -0.1) is 0 Å². The molecule has 2 N–H and O–H groups in total. The minimum absolute atomic E-state index is 0.0120. The van der Waals surface area contributed by atoms with E-state index in [1.807, 2.05) is 36.5 Å². The van der Waals surface area contributed by atoms with Gasteiger partial charge in [-0.3, -0.25) is 4.79 Å². The molecule has 2 aromatic carbocycles. The first-order valence-corrected chi connectivity index (χ1v) is 8.14. The number of anilines is 1. The predicted molar refractivity (Wildman–Crippen MR) is 92.0 cm³/mol. The molecule has 1 aliphatic rings. The van der Waals surface area contributed by atoms with Crippen molar-refractivity contribution >= 4 is 38.4 Å². The lowest BCUT2D eigenvalue weighted by molar-refractivity contribution is -0.119. The molecule has 0 radical (unpaired) electrons. The molecule has 3 aromatic rings. The summed E-state index contributed by atoms with van der Waals surface area (Å²) in [5, 5.41) is 4.12. The number of amides is 1. The zero-order valence-electron chi connectivity index (χ0n) is 11.9. The van der Waals surface area contributed by atoms with Crippen molar-refractivity contribution < 1.29 is 4.79 Å². The van der Waals surface area contributed by atoms with Gasteiger partial charge in [0, 0.05) is 27.5 Å². The standard InChI is InChI=1S/C18H15BrN2O/c19-14-6-5-11-7-13(8-12(11)9-14)18(22)21-17-10-20-16-4-2-1-3-15(16)17/h1-6,9-10,13,20H,7-8H2,(H,21,22). The summed E-state index contributed by atoms with van der Waals surface area (Å²) in [6, 6.07) is 14.3. The molecule has 4 heteroatoms. The first kappa shape index (κ1) is 13.6. The number of H-pyrrole nitrogens is 1. The van der Waals surface area contributed by atoms with Crippen LogP contribution in [0, 0.1) is 5.92 Å². The Morgan fingerprint density at radius 3 is 2.86 bits per heavy atom. The third-order valence-corrected chi connectivity index (χ3v) is 4.81. The molecule has 1 aromatic heterocycles. The van der Waals surface area contributed by atoms with E-state index in [1.54, 1.807) is 0 Å². The topological polar surface area (TPSA) is 44.9 Å². The van der Waals surface area contributed by atoms with E-state index in [2.05, 4.69) is 38.4 Å². The Morgan fingerprint density at radius 2 is 1.95 bits per heavy atom. The van der Waals surface area contributed by atoms with Gasteiger partial charge in [0.1, 0.15) is 0 Å². The number of nitrogens with one attached hydrogen (secondary N) is 2. The molecular formula is C18H15BrN2O. The van der Waals surface area contributed by atoms with Gasteiger partial charge in [-0.05, 0) is 42.2 Å². The minimum Gasteiger partial charge on any atom is -0.359 e. The summed E-state index contributed by atoms with van der Waals surface area (Å²) in [6.45, 7) is 0. The van der Waals surface area contributed by atoms with Crippen molar-refractivity contribution in [1.29, 1.82) is 0 Å². The minimum atomic E-state index is 0.0120. The first-order chi connectivity index (χ1) is 10.7. The maximum Gasteiger partial charge on any atom is 0.228 e. The highest BCUT2D eigenvalue weighted by Gasteiger charge is 2.27. The molecular weight excluding hydrogens is 340 g/mol. The van der Waals surface area contributed by atoms with Gasteiger partial charge in [0.05, 0.1) is 5.69 Å². The number of para-hydroxylation sites is 1. The van der Waals surface area contributed by atoms with E-state index in [9.17, 15) is 4.79 Å². The van der Waals surface area contributed by atoms with Gasteiger partial charge in [0.2, 0.25) is 5.91 Å². The quantitative estimate of drug-likeness (QED) is 0.708. The molecule has 1 unspecified atom stereocenters. The molecule has 1 aliphatic carbocycles. The molecule has 0 saturated heterocycles. The highest BCUT2D eigenvalue weighted by atomic mass is 79.9. The number of aromatic amines is 1. The maximum atomic E-state index is 12.6. The molecule has 0 aliphatic heterocycles. The number of benzene rings is 2. The zero-order chi connectivity index (χ0) is 15.1. The number of fused-ring (bicyclic) bond motifs is 2. The number of aromatic nitrogens is 1. The van der Waals surface area contributed by atoms with Gasteiger partial charge in [0.15, 0.2) is 0 Å². The summed E-state index contributed by atoms with van der Waals surface area (Å²) in [5.74, 6) is 0.107. The smallest absolute Gasteiger partial charge is 0.228 e. The van der Waals surface area contributed by atoms with Crippen molar-refractivity contribution in [1.82, 2.24) is 4.98 Å². The van der Waals surface area contributed by atoms with Gasteiger partial charge >= 0.3 is 0 Å². The summed E-state index contributed by atoms with van der Waals surface area (Å²) in [7, 11) is 0. The van der Waals surface area contributed by atoms with Crippen LogP contribution in [-0.2, 0) is 17.6 Å².